The molecule has 110 valence electrons. The lowest BCUT2D eigenvalue weighted by molar-refractivity contribution is 0.0693. The monoisotopic (exact) mass is 292 g/mol. The molecule has 0 aliphatic heterocycles. The van der Waals surface area contributed by atoms with Gasteiger partial charge in [0.2, 0.25) is 0 Å². The van der Waals surface area contributed by atoms with Gasteiger partial charge >= 0.3 is 12.0 Å². The molecule has 1 aromatic heterocycles. The molecule has 0 saturated carbocycles. The van der Waals surface area contributed by atoms with Gasteiger partial charge in [-0.05, 0) is 12.1 Å². The average molecular weight is 292 g/mol. The molecular formula is C13H13FN4O3. The van der Waals surface area contributed by atoms with Crippen LogP contribution in [0.25, 0.3) is 0 Å². The summed E-state index contributed by atoms with van der Waals surface area (Å²) in [6.45, 7) is 0.220. The van der Waals surface area contributed by atoms with Gasteiger partial charge in [0, 0.05) is 25.4 Å². The molecule has 0 aliphatic rings. The third kappa shape index (κ3) is 3.56. The molecule has 0 bridgehead atoms. The number of carbonyl (C=O) groups is 2. The van der Waals surface area contributed by atoms with Crippen molar-refractivity contribution in [3.8, 4) is 0 Å². The summed E-state index contributed by atoms with van der Waals surface area (Å²) in [6.07, 6.45) is 3.32. The molecule has 1 aromatic carbocycles. The van der Waals surface area contributed by atoms with E-state index in [4.69, 9.17) is 5.11 Å². The van der Waals surface area contributed by atoms with Gasteiger partial charge in [0.1, 0.15) is 11.4 Å². The third-order valence-corrected chi connectivity index (χ3v) is 2.69. The second-order valence-corrected chi connectivity index (χ2v) is 4.30. The molecule has 0 aliphatic carbocycles. The number of aromatic carboxylic acids is 1. The normalized spacial score (nSPS) is 10.2. The number of carbonyl (C=O) groups excluding carboxylic acids is 1. The van der Waals surface area contributed by atoms with Gasteiger partial charge < -0.3 is 15.7 Å². The van der Waals surface area contributed by atoms with Crippen molar-refractivity contribution in [2.24, 2.45) is 7.05 Å². The van der Waals surface area contributed by atoms with Crippen molar-refractivity contribution < 1.29 is 19.1 Å². The van der Waals surface area contributed by atoms with Crippen LogP contribution in [-0.2, 0) is 13.6 Å². The molecule has 3 N–H and O–H groups in total. The van der Waals surface area contributed by atoms with Crippen LogP contribution in [0.2, 0.25) is 0 Å². The lowest BCUT2D eigenvalue weighted by Crippen LogP contribution is -2.29. The number of benzene rings is 1. The summed E-state index contributed by atoms with van der Waals surface area (Å²) >= 11 is 0. The number of anilines is 1. The highest BCUT2D eigenvalue weighted by molar-refractivity contribution is 6.00. The van der Waals surface area contributed by atoms with Gasteiger partial charge in [0.15, 0.2) is 0 Å². The van der Waals surface area contributed by atoms with Gasteiger partial charge in [-0.1, -0.05) is 6.07 Å². The lowest BCUT2D eigenvalue weighted by Gasteiger charge is -2.09. The van der Waals surface area contributed by atoms with Gasteiger partial charge in [-0.2, -0.15) is 5.10 Å². The van der Waals surface area contributed by atoms with E-state index in [1.807, 2.05) is 0 Å². The highest BCUT2D eigenvalue weighted by atomic mass is 19.1. The van der Waals surface area contributed by atoms with Gasteiger partial charge in [0.05, 0.1) is 11.9 Å². The second-order valence-electron chi connectivity index (χ2n) is 4.30. The SMILES string of the molecule is Cn1cc(CNC(=O)Nc2cccc(F)c2C(=O)O)cn1. The Morgan fingerprint density at radius 2 is 2.19 bits per heavy atom. The van der Waals surface area contributed by atoms with Crippen molar-refractivity contribution in [3.05, 3.63) is 47.5 Å². The Labute approximate surface area is 119 Å². The molecule has 1 heterocycles. The number of amides is 2. The minimum absolute atomic E-state index is 0.105. The summed E-state index contributed by atoms with van der Waals surface area (Å²) in [6, 6.07) is 3.02. The smallest absolute Gasteiger partial charge is 0.340 e. The van der Waals surface area contributed by atoms with Crippen molar-refractivity contribution in [3.63, 3.8) is 0 Å². The second kappa shape index (κ2) is 6.04. The van der Waals surface area contributed by atoms with Crippen LogP contribution < -0.4 is 10.6 Å². The van der Waals surface area contributed by atoms with E-state index in [2.05, 4.69) is 15.7 Å². The maximum Gasteiger partial charge on any atom is 0.340 e. The van der Waals surface area contributed by atoms with E-state index in [1.165, 1.54) is 12.1 Å². The van der Waals surface area contributed by atoms with E-state index in [0.717, 1.165) is 11.6 Å². The first kappa shape index (κ1) is 14.5. The maximum atomic E-state index is 13.4. The van der Waals surface area contributed by atoms with Crippen LogP contribution in [0.4, 0.5) is 14.9 Å². The Morgan fingerprint density at radius 1 is 1.43 bits per heavy atom. The molecule has 2 amide bonds. The zero-order valence-electron chi connectivity index (χ0n) is 11.1. The number of hydrogen-bond donors (Lipinski definition) is 3. The molecule has 0 atom stereocenters. The maximum absolute atomic E-state index is 13.4. The Hall–Kier alpha value is -2.90. The molecule has 0 unspecified atom stereocenters. The number of aromatic nitrogens is 2. The van der Waals surface area contributed by atoms with Gasteiger partial charge in [-0.15, -0.1) is 0 Å². The Morgan fingerprint density at radius 3 is 2.81 bits per heavy atom. The van der Waals surface area contributed by atoms with Gasteiger partial charge in [-0.25, -0.2) is 14.0 Å². The van der Waals surface area contributed by atoms with Crippen LogP contribution in [-0.4, -0.2) is 26.9 Å². The number of hydrogen-bond acceptors (Lipinski definition) is 3. The van der Waals surface area contributed by atoms with Crippen molar-refractivity contribution in [2.75, 3.05) is 5.32 Å². The molecule has 0 spiro atoms. The fraction of sp³-hybridized carbons (Fsp3) is 0.154. The standard InChI is InChI=1S/C13H13FN4O3/c1-18-7-8(6-16-18)5-15-13(21)17-10-4-2-3-9(14)11(10)12(19)20/h2-4,6-7H,5H2,1H3,(H,19,20)(H2,15,17,21). The lowest BCUT2D eigenvalue weighted by atomic mass is 10.1. The van der Waals surface area contributed by atoms with Crippen LogP contribution in [0.5, 0.6) is 0 Å². The molecule has 0 fully saturated rings. The van der Waals surface area contributed by atoms with E-state index in [9.17, 15) is 14.0 Å². The zero-order valence-corrected chi connectivity index (χ0v) is 11.1. The summed E-state index contributed by atoms with van der Waals surface area (Å²) in [5.74, 6) is -2.36. The first-order valence-corrected chi connectivity index (χ1v) is 6.01. The van der Waals surface area contributed by atoms with Crippen LogP contribution in [0.1, 0.15) is 15.9 Å². The summed E-state index contributed by atoms with van der Waals surface area (Å²) in [7, 11) is 1.75. The fourth-order valence-electron chi connectivity index (χ4n) is 1.76. The van der Waals surface area contributed by atoms with Crippen molar-refractivity contribution in [2.45, 2.75) is 6.54 Å². The van der Waals surface area contributed by atoms with Crippen molar-refractivity contribution in [1.82, 2.24) is 15.1 Å². The molecule has 2 rings (SSSR count). The number of urea groups is 1. The number of carboxylic acids is 1. The molecule has 0 saturated heterocycles. The number of rotatable bonds is 4. The minimum atomic E-state index is -1.45. The van der Waals surface area contributed by atoms with Crippen molar-refractivity contribution >= 4 is 17.7 Å². The predicted octanol–water partition coefficient (Wildman–Crippen LogP) is 1.58. The Kier molecular flexibility index (Phi) is 4.17. The number of aryl methyl sites for hydroxylation is 1. The number of carboxylic acid groups (broad SMARTS) is 1. The Balaban J connectivity index is 2.03. The number of nitrogens with one attached hydrogen (secondary N) is 2. The minimum Gasteiger partial charge on any atom is -0.478 e. The fourth-order valence-corrected chi connectivity index (χ4v) is 1.76. The largest absolute Gasteiger partial charge is 0.478 e. The summed E-state index contributed by atoms with van der Waals surface area (Å²) < 4.78 is 15.0. The molecular weight excluding hydrogens is 279 g/mol. The van der Waals surface area contributed by atoms with E-state index in [1.54, 1.807) is 24.1 Å². The van der Waals surface area contributed by atoms with Gasteiger partial charge in [0.25, 0.3) is 0 Å². The van der Waals surface area contributed by atoms with Crippen molar-refractivity contribution in [1.29, 1.82) is 0 Å². The van der Waals surface area contributed by atoms with E-state index in [0.29, 0.717) is 0 Å². The summed E-state index contributed by atoms with van der Waals surface area (Å²) in [5.41, 5.74) is 0.102. The number of halogens is 1. The Bertz CT molecular complexity index is 684. The summed E-state index contributed by atoms with van der Waals surface area (Å²) in [5, 5.41) is 17.7. The predicted molar refractivity (Wildman–Crippen MR) is 72.4 cm³/mol. The van der Waals surface area contributed by atoms with Crippen LogP contribution in [0.15, 0.2) is 30.6 Å². The van der Waals surface area contributed by atoms with Crippen LogP contribution >= 0.6 is 0 Å². The van der Waals surface area contributed by atoms with Gasteiger partial charge in [-0.3, -0.25) is 4.68 Å². The zero-order chi connectivity index (χ0) is 15.4. The van der Waals surface area contributed by atoms with Crippen LogP contribution in [0.3, 0.4) is 0 Å². The van der Waals surface area contributed by atoms with E-state index >= 15 is 0 Å². The highest BCUT2D eigenvalue weighted by Gasteiger charge is 2.17. The quantitative estimate of drug-likeness (QED) is 0.797. The molecule has 0 radical (unpaired) electrons. The topological polar surface area (TPSA) is 96.2 Å². The first-order valence-electron chi connectivity index (χ1n) is 6.01. The first-order chi connectivity index (χ1) is 9.97. The van der Waals surface area contributed by atoms with E-state index in [-0.39, 0.29) is 12.2 Å². The average Bonchev–Trinajstić information content (AvgIpc) is 2.82. The molecule has 21 heavy (non-hydrogen) atoms. The van der Waals surface area contributed by atoms with Crippen LogP contribution in [0, 0.1) is 5.82 Å². The third-order valence-electron chi connectivity index (χ3n) is 2.69. The summed E-state index contributed by atoms with van der Waals surface area (Å²) in [4.78, 5) is 22.7. The molecule has 8 heteroatoms. The highest BCUT2D eigenvalue weighted by Crippen LogP contribution is 2.18. The van der Waals surface area contributed by atoms with E-state index < -0.39 is 23.4 Å². The molecule has 7 nitrogen and oxygen atoms in total. The number of nitrogens with zero attached hydrogens (tertiary/aromatic N) is 2. The molecule has 2 aromatic rings.